The molecule has 0 aliphatic carbocycles. The van der Waals surface area contributed by atoms with E-state index in [-0.39, 0.29) is 0 Å². The zero-order valence-electron chi connectivity index (χ0n) is 10.2. The Kier molecular flexibility index (Phi) is 2.72. The van der Waals surface area contributed by atoms with Gasteiger partial charge in [0.25, 0.3) is 0 Å². The van der Waals surface area contributed by atoms with Gasteiger partial charge in [-0.3, -0.25) is 4.90 Å². The third-order valence-electron chi connectivity index (χ3n) is 3.02. The first kappa shape index (κ1) is 11.4. The van der Waals surface area contributed by atoms with Crippen molar-refractivity contribution in [2.24, 2.45) is 16.0 Å². The van der Waals surface area contributed by atoms with Crippen LogP contribution < -0.4 is 10.6 Å². The van der Waals surface area contributed by atoms with Crippen molar-refractivity contribution in [1.29, 1.82) is 0 Å². The maximum atomic E-state index is 11.7. The van der Waals surface area contributed by atoms with Gasteiger partial charge >= 0.3 is 6.03 Å². The van der Waals surface area contributed by atoms with Crippen LogP contribution in [0.3, 0.4) is 0 Å². The molecule has 5 nitrogen and oxygen atoms in total. The lowest BCUT2D eigenvalue weighted by Gasteiger charge is -2.23. The van der Waals surface area contributed by atoms with Crippen LogP contribution in [0.25, 0.3) is 0 Å². The van der Waals surface area contributed by atoms with Crippen LogP contribution in [0.2, 0.25) is 0 Å². The minimum Gasteiger partial charge on any atom is -0.351 e. The summed E-state index contributed by atoms with van der Waals surface area (Å²) >= 11 is 0. The summed E-state index contributed by atoms with van der Waals surface area (Å²) in [5, 5.41) is 8.42. The number of anilines is 1. The molecule has 2 aromatic carbocycles. The van der Waals surface area contributed by atoms with Crippen LogP contribution >= 0.6 is 0 Å². The number of rotatable bonds is 0. The van der Waals surface area contributed by atoms with Crippen LogP contribution in [-0.4, -0.2) is 6.03 Å². The van der Waals surface area contributed by atoms with E-state index in [1.807, 2.05) is 48.5 Å². The zero-order valence-corrected chi connectivity index (χ0v) is 10.2. The van der Waals surface area contributed by atoms with Crippen molar-refractivity contribution in [3.8, 4) is 0 Å². The zero-order chi connectivity index (χ0) is 13.2. The highest BCUT2D eigenvalue weighted by molar-refractivity contribution is 5.94. The molecular weight excluding hydrogens is 240 g/mol. The monoisotopic (exact) mass is 252 g/mol. The number of primary amides is 1. The molecule has 0 saturated carbocycles. The average Bonchev–Trinajstić information content (AvgIpc) is 2.41. The number of para-hydroxylation sites is 1. The van der Waals surface area contributed by atoms with E-state index in [1.54, 1.807) is 0 Å². The summed E-state index contributed by atoms with van der Waals surface area (Å²) < 4.78 is 0. The van der Waals surface area contributed by atoms with Crippen LogP contribution in [0, 0.1) is 0 Å². The number of carbonyl (C=O) groups is 1. The highest BCUT2D eigenvalue weighted by atomic mass is 16.2. The van der Waals surface area contributed by atoms with Gasteiger partial charge in [-0.15, -0.1) is 5.11 Å². The lowest BCUT2D eigenvalue weighted by atomic mass is 10.1. The summed E-state index contributed by atoms with van der Waals surface area (Å²) in [6.07, 6.45) is 0. The fourth-order valence-electron chi connectivity index (χ4n) is 2.08. The second-order valence-electron chi connectivity index (χ2n) is 4.24. The fraction of sp³-hybridized carbons (Fsp3) is 0.0714. The first-order chi connectivity index (χ1) is 9.25. The number of urea groups is 1. The van der Waals surface area contributed by atoms with Crippen molar-refractivity contribution in [3.05, 3.63) is 54.1 Å². The molecule has 2 N–H and O–H groups in total. The van der Waals surface area contributed by atoms with Crippen LogP contribution in [0.1, 0.15) is 5.56 Å². The average molecular weight is 252 g/mol. The molecule has 2 aromatic rings. The summed E-state index contributed by atoms with van der Waals surface area (Å²) in [5.41, 5.74) is 8.45. The third-order valence-corrected chi connectivity index (χ3v) is 3.02. The van der Waals surface area contributed by atoms with Gasteiger partial charge in [-0.2, -0.15) is 5.11 Å². The molecule has 0 spiro atoms. The molecule has 3 rings (SSSR count). The van der Waals surface area contributed by atoms with Crippen LogP contribution in [0.4, 0.5) is 21.9 Å². The van der Waals surface area contributed by atoms with Gasteiger partial charge in [-0.05, 0) is 23.8 Å². The fourth-order valence-corrected chi connectivity index (χ4v) is 2.08. The van der Waals surface area contributed by atoms with Gasteiger partial charge in [0.2, 0.25) is 0 Å². The number of azo groups is 1. The normalized spacial score (nSPS) is 14.8. The molecule has 0 fully saturated rings. The number of fused-ring (bicyclic) bond motifs is 2. The Morgan fingerprint density at radius 3 is 2.42 bits per heavy atom. The van der Waals surface area contributed by atoms with E-state index >= 15 is 0 Å². The maximum Gasteiger partial charge on any atom is 0.319 e. The molecule has 19 heavy (non-hydrogen) atoms. The van der Waals surface area contributed by atoms with E-state index in [0.717, 1.165) is 11.3 Å². The van der Waals surface area contributed by atoms with E-state index in [2.05, 4.69) is 10.2 Å². The summed E-state index contributed by atoms with van der Waals surface area (Å²) in [5.74, 6) is 0. The topological polar surface area (TPSA) is 71.1 Å². The van der Waals surface area contributed by atoms with E-state index in [4.69, 9.17) is 5.73 Å². The number of hydrogen-bond donors (Lipinski definition) is 1. The van der Waals surface area contributed by atoms with Crippen LogP contribution in [-0.2, 0) is 6.54 Å². The molecule has 0 atom stereocenters. The molecule has 5 heteroatoms. The van der Waals surface area contributed by atoms with E-state index < -0.39 is 6.03 Å². The number of hydrogen-bond acceptors (Lipinski definition) is 3. The molecule has 1 aliphatic rings. The highest BCUT2D eigenvalue weighted by Crippen LogP contribution is 2.35. The molecule has 1 heterocycles. The molecule has 0 unspecified atom stereocenters. The Morgan fingerprint density at radius 1 is 1.00 bits per heavy atom. The Morgan fingerprint density at radius 2 is 1.63 bits per heavy atom. The Labute approximate surface area is 110 Å². The number of amides is 2. The quantitative estimate of drug-likeness (QED) is 0.765. The number of benzene rings is 2. The molecule has 0 aromatic heterocycles. The van der Waals surface area contributed by atoms with Crippen LogP contribution in [0.15, 0.2) is 58.8 Å². The summed E-state index contributed by atoms with van der Waals surface area (Å²) in [6, 6.07) is 14.4. The Balaban J connectivity index is 2.19. The Hall–Kier alpha value is -2.69. The lowest BCUT2D eigenvalue weighted by molar-refractivity contribution is 0.253. The van der Waals surface area contributed by atoms with E-state index in [1.165, 1.54) is 4.90 Å². The van der Waals surface area contributed by atoms with E-state index in [0.29, 0.717) is 17.9 Å². The number of nitrogens with zero attached hydrogens (tertiary/aromatic N) is 3. The first-order valence-corrected chi connectivity index (χ1v) is 5.91. The van der Waals surface area contributed by atoms with Gasteiger partial charge in [0, 0.05) is 0 Å². The minimum absolute atomic E-state index is 0.390. The van der Waals surface area contributed by atoms with Gasteiger partial charge in [0.15, 0.2) is 0 Å². The molecule has 0 saturated heterocycles. The molecule has 94 valence electrons. The predicted octanol–water partition coefficient (Wildman–Crippen LogP) is 3.50. The first-order valence-electron chi connectivity index (χ1n) is 5.91. The largest absolute Gasteiger partial charge is 0.351 e. The van der Waals surface area contributed by atoms with Crippen molar-refractivity contribution in [2.45, 2.75) is 6.54 Å². The third kappa shape index (κ3) is 2.06. The lowest BCUT2D eigenvalue weighted by Crippen LogP contribution is -2.35. The highest BCUT2D eigenvalue weighted by Gasteiger charge is 2.19. The second kappa shape index (κ2) is 4.53. The second-order valence-corrected chi connectivity index (χ2v) is 4.24. The Bertz CT molecular complexity index is 666. The van der Waals surface area contributed by atoms with Crippen molar-refractivity contribution >= 4 is 23.1 Å². The van der Waals surface area contributed by atoms with Crippen molar-refractivity contribution in [1.82, 2.24) is 0 Å². The standard InChI is InChI=1S/C14H12N4O/c15-14(19)18-9-10-5-1-2-6-11(10)16-17-12-7-3-4-8-13(12)18/h1-8H,9H2,(H2,15,19)/b17-16-. The molecule has 0 bridgehead atoms. The predicted molar refractivity (Wildman–Crippen MR) is 72.8 cm³/mol. The van der Waals surface area contributed by atoms with Gasteiger partial charge in [0.1, 0.15) is 5.69 Å². The SMILES string of the molecule is NC(=O)N1Cc2ccccc2/N=N\c2ccccc21. The van der Waals surface area contributed by atoms with Gasteiger partial charge in [-0.25, -0.2) is 4.79 Å². The molecule has 0 radical (unpaired) electrons. The van der Waals surface area contributed by atoms with Crippen molar-refractivity contribution < 1.29 is 4.79 Å². The summed E-state index contributed by atoms with van der Waals surface area (Å²) in [7, 11) is 0. The van der Waals surface area contributed by atoms with Crippen molar-refractivity contribution in [2.75, 3.05) is 4.90 Å². The summed E-state index contributed by atoms with van der Waals surface area (Å²) in [6.45, 7) is 0.390. The maximum absolute atomic E-state index is 11.7. The molecular formula is C14H12N4O. The van der Waals surface area contributed by atoms with Crippen molar-refractivity contribution in [3.63, 3.8) is 0 Å². The van der Waals surface area contributed by atoms with Gasteiger partial charge in [0.05, 0.1) is 17.9 Å². The van der Waals surface area contributed by atoms with E-state index in [9.17, 15) is 4.79 Å². The van der Waals surface area contributed by atoms with Gasteiger partial charge < -0.3 is 5.73 Å². The molecule has 2 amide bonds. The minimum atomic E-state index is -0.501. The summed E-state index contributed by atoms with van der Waals surface area (Å²) in [4.78, 5) is 13.2. The number of carbonyl (C=O) groups excluding carboxylic acids is 1. The smallest absolute Gasteiger partial charge is 0.319 e. The van der Waals surface area contributed by atoms with Crippen LogP contribution in [0.5, 0.6) is 0 Å². The number of nitrogens with two attached hydrogens (primary N) is 1. The van der Waals surface area contributed by atoms with Gasteiger partial charge in [-0.1, -0.05) is 30.3 Å². The molecule has 1 aliphatic heterocycles.